The van der Waals surface area contributed by atoms with Gasteiger partial charge in [0.15, 0.2) is 9.84 Å². The summed E-state index contributed by atoms with van der Waals surface area (Å²) in [7, 11) is -1.67. The van der Waals surface area contributed by atoms with Gasteiger partial charge in [-0.3, -0.25) is 4.79 Å². The highest BCUT2D eigenvalue weighted by Crippen LogP contribution is 2.43. The van der Waals surface area contributed by atoms with Crippen LogP contribution in [0.4, 0.5) is 5.69 Å². The average Bonchev–Trinajstić information content (AvgIpc) is 2.77. The zero-order chi connectivity index (χ0) is 16.7. The quantitative estimate of drug-likeness (QED) is 0.867. The fraction of sp³-hybridized carbons (Fsp3) is 0.278. The molecule has 3 rings (SSSR count). The van der Waals surface area contributed by atoms with Crippen molar-refractivity contribution in [3.8, 4) is 0 Å². The second-order valence-corrected chi connectivity index (χ2v) is 8.20. The van der Waals surface area contributed by atoms with Gasteiger partial charge in [0.25, 0.3) is 0 Å². The van der Waals surface area contributed by atoms with E-state index in [0.717, 1.165) is 11.3 Å². The predicted molar refractivity (Wildman–Crippen MR) is 90.3 cm³/mol. The first-order chi connectivity index (χ1) is 10.9. The van der Waals surface area contributed by atoms with Crippen LogP contribution in [0.1, 0.15) is 18.9 Å². The molecule has 1 atom stereocenters. The van der Waals surface area contributed by atoms with E-state index in [1.54, 1.807) is 42.3 Å². The number of para-hydroxylation sites is 1. The molecule has 1 amide bonds. The molecule has 0 saturated heterocycles. The molecule has 0 aliphatic carbocycles. The van der Waals surface area contributed by atoms with Crippen LogP contribution in [0.25, 0.3) is 0 Å². The molecule has 2 aromatic rings. The Bertz CT molecular complexity index is 846. The zero-order valence-electron chi connectivity index (χ0n) is 13.2. The van der Waals surface area contributed by atoms with Crippen molar-refractivity contribution < 1.29 is 13.2 Å². The van der Waals surface area contributed by atoms with Crippen LogP contribution in [0.2, 0.25) is 0 Å². The Balaban J connectivity index is 1.90. The van der Waals surface area contributed by atoms with Crippen molar-refractivity contribution in [1.82, 2.24) is 0 Å². The number of benzene rings is 2. The highest BCUT2D eigenvalue weighted by molar-refractivity contribution is 7.91. The van der Waals surface area contributed by atoms with Crippen LogP contribution in [0, 0.1) is 0 Å². The van der Waals surface area contributed by atoms with Gasteiger partial charge in [0, 0.05) is 12.7 Å². The number of carbonyl (C=O) groups excluding carboxylic acids is 1. The summed E-state index contributed by atoms with van der Waals surface area (Å²) in [5.41, 5.74) is 0.959. The highest BCUT2D eigenvalue weighted by atomic mass is 32.2. The van der Waals surface area contributed by atoms with E-state index in [9.17, 15) is 13.2 Å². The Morgan fingerprint density at radius 2 is 1.61 bits per heavy atom. The molecule has 1 heterocycles. The first kappa shape index (κ1) is 15.7. The molecule has 0 spiro atoms. The van der Waals surface area contributed by atoms with Crippen molar-refractivity contribution in [1.29, 1.82) is 0 Å². The number of fused-ring (bicyclic) bond motifs is 1. The maximum Gasteiger partial charge on any atom is 0.237 e. The Morgan fingerprint density at radius 3 is 2.30 bits per heavy atom. The van der Waals surface area contributed by atoms with E-state index in [0.29, 0.717) is 4.90 Å². The number of sulfone groups is 1. The molecular weight excluding hydrogens is 310 g/mol. The molecule has 2 aromatic carbocycles. The first-order valence-electron chi connectivity index (χ1n) is 7.52. The van der Waals surface area contributed by atoms with Crippen LogP contribution >= 0.6 is 0 Å². The number of nitrogens with zero attached hydrogens (tertiary/aromatic N) is 1. The molecule has 5 heteroatoms. The van der Waals surface area contributed by atoms with Gasteiger partial charge in [-0.2, -0.15) is 0 Å². The minimum absolute atomic E-state index is 0.0537. The molecule has 23 heavy (non-hydrogen) atoms. The van der Waals surface area contributed by atoms with Crippen molar-refractivity contribution in [3.05, 3.63) is 60.2 Å². The smallest absolute Gasteiger partial charge is 0.237 e. The van der Waals surface area contributed by atoms with Gasteiger partial charge < -0.3 is 4.90 Å². The van der Waals surface area contributed by atoms with Gasteiger partial charge in [-0.05, 0) is 37.1 Å². The Labute approximate surface area is 136 Å². The lowest BCUT2D eigenvalue weighted by atomic mass is 9.81. The van der Waals surface area contributed by atoms with Gasteiger partial charge >= 0.3 is 0 Å². The highest BCUT2D eigenvalue weighted by Gasteiger charge is 2.46. The van der Waals surface area contributed by atoms with Gasteiger partial charge in [0.05, 0.1) is 16.1 Å². The molecule has 1 unspecified atom stereocenters. The van der Waals surface area contributed by atoms with E-state index >= 15 is 0 Å². The molecule has 4 nitrogen and oxygen atoms in total. The SMILES string of the molecule is CN1C(=O)C(C)(CCS(=O)(=O)c2ccccc2)c2ccccc21. The number of anilines is 1. The van der Waals surface area contributed by atoms with Crippen LogP contribution in [-0.2, 0) is 20.0 Å². The van der Waals surface area contributed by atoms with Crippen LogP contribution in [0.15, 0.2) is 59.5 Å². The van der Waals surface area contributed by atoms with Crippen molar-refractivity contribution in [2.75, 3.05) is 17.7 Å². The summed E-state index contributed by atoms with van der Waals surface area (Å²) in [4.78, 5) is 14.6. The fourth-order valence-electron chi connectivity index (χ4n) is 3.15. The molecule has 0 N–H and O–H groups in total. The number of rotatable bonds is 4. The Morgan fingerprint density at radius 1 is 1.00 bits per heavy atom. The van der Waals surface area contributed by atoms with Gasteiger partial charge in [0.1, 0.15) is 0 Å². The van der Waals surface area contributed by atoms with Crippen LogP contribution in [0.3, 0.4) is 0 Å². The Hall–Kier alpha value is -2.14. The van der Waals surface area contributed by atoms with E-state index < -0.39 is 15.3 Å². The average molecular weight is 329 g/mol. The summed E-state index contributed by atoms with van der Waals surface area (Å²) >= 11 is 0. The molecule has 0 aromatic heterocycles. The van der Waals surface area contributed by atoms with Crippen LogP contribution < -0.4 is 4.90 Å². The van der Waals surface area contributed by atoms with Gasteiger partial charge in [-0.1, -0.05) is 36.4 Å². The molecule has 1 aliphatic rings. The molecule has 0 saturated carbocycles. The summed E-state index contributed by atoms with van der Waals surface area (Å²) in [6, 6.07) is 15.9. The van der Waals surface area contributed by atoms with Crippen molar-refractivity contribution in [3.63, 3.8) is 0 Å². The van der Waals surface area contributed by atoms with Crippen LogP contribution in [-0.4, -0.2) is 27.1 Å². The number of carbonyl (C=O) groups is 1. The van der Waals surface area contributed by atoms with E-state index in [1.165, 1.54) is 0 Å². The fourth-order valence-corrected chi connectivity index (χ4v) is 4.64. The number of amides is 1. The predicted octanol–water partition coefficient (Wildman–Crippen LogP) is 2.78. The summed E-state index contributed by atoms with van der Waals surface area (Å²) < 4.78 is 25.0. The molecule has 1 aliphatic heterocycles. The number of likely N-dealkylation sites (N-methyl/N-ethyl adjacent to an activating group) is 1. The second kappa shape index (κ2) is 5.49. The number of hydrogen-bond donors (Lipinski definition) is 0. The monoisotopic (exact) mass is 329 g/mol. The minimum Gasteiger partial charge on any atom is -0.314 e. The summed E-state index contributed by atoms with van der Waals surface area (Å²) in [5, 5.41) is 0. The molecule has 120 valence electrons. The summed E-state index contributed by atoms with van der Waals surface area (Å²) in [6.45, 7) is 1.83. The summed E-state index contributed by atoms with van der Waals surface area (Å²) in [6.07, 6.45) is 0.268. The second-order valence-electron chi connectivity index (χ2n) is 6.10. The van der Waals surface area contributed by atoms with Gasteiger partial charge in [-0.15, -0.1) is 0 Å². The van der Waals surface area contributed by atoms with Crippen molar-refractivity contribution in [2.45, 2.75) is 23.7 Å². The molecule has 0 fully saturated rings. The topological polar surface area (TPSA) is 54.5 Å². The minimum atomic E-state index is -3.40. The normalized spacial score (nSPS) is 20.6. The number of hydrogen-bond acceptors (Lipinski definition) is 3. The molecule has 0 radical (unpaired) electrons. The summed E-state index contributed by atoms with van der Waals surface area (Å²) in [5.74, 6) is -0.108. The van der Waals surface area contributed by atoms with Crippen molar-refractivity contribution in [2.24, 2.45) is 0 Å². The van der Waals surface area contributed by atoms with Gasteiger partial charge in [-0.25, -0.2) is 8.42 Å². The van der Waals surface area contributed by atoms with E-state index in [2.05, 4.69) is 0 Å². The first-order valence-corrected chi connectivity index (χ1v) is 9.17. The van der Waals surface area contributed by atoms with Gasteiger partial charge in [0.2, 0.25) is 5.91 Å². The third-order valence-electron chi connectivity index (χ3n) is 4.61. The molecular formula is C18H19NO3S. The van der Waals surface area contributed by atoms with Crippen LogP contribution in [0.5, 0.6) is 0 Å². The molecule has 0 bridgehead atoms. The third kappa shape index (κ3) is 2.55. The standard InChI is InChI=1S/C18H19NO3S/c1-18(12-13-23(21,22)14-8-4-3-5-9-14)15-10-6-7-11-16(15)19(2)17(18)20/h3-11H,12-13H2,1-2H3. The lowest BCUT2D eigenvalue weighted by molar-refractivity contribution is -0.122. The maximum absolute atomic E-state index is 12.7. The van der Waals surface area contributed by atoms with E-state index in [-0.39, 0.29) is 18.1 Å². The largest absolute Gasteiger partial charge is 0.314 e. The Kier molecular flexibility index (Phi) is 3.76. The maximum atomic E-state index is 12.7. The van der Waals surface area contributed by atoms with E-state index in [1.807, 2.05) is 31.2 Å². The zero-order valence-corrected chi connectivity index (χ0v) is 14.0. The van der Waals surface area contributed by atoms with Crippen molar-refractivity contribution >= 4 is 21.4 Å². The lowest BCUT2D eigenvalue weighted by Crippen LogP contribution is -2.37. The third-order valence-corrected chi connectivity index (χ3v) is 6.34. The van der Waals surface area contributed by atoms with E-state index in [4.69, 9.17) is 0 Å². The lowest BCUT2D eigenvalue weighted by Gasteiger charge is -2.23.